The molecule has 0 atom stereocenters. The van der Waals surface area contributed by atoms with E-state index in [0.717, 1.165) is 11.4 Å². The zero-order valence-electron chi connectivity index (χ0n) is 10.8. The summed E-state index contributed by atoms with van der Waals surface area (Å²) in [5.74, 6) is 0. The lowest BCUT2D eigenvalue weighted by Crippen LogP contribution is -2.23. The highest BCUT2D eigenvalue weighted by atomic mass is 32.1. The van der Waals surface area contributed by atoms with Crippen molar-refractivity contribution >= 4 is 40.1 Å². The van der Waals surface area contributed by atoms with E-state index in [4.69, 9.17) is 12.2 Å². The molecule has 0 saturated carbocycles. The number of hydrogen-bond acceptors (Lipinski definition) is 2. The topological polar surface area (TPSA) is 17.3 Å². The summed E-state index contributed by atoms with van der Waals surface area (Å²) < 4.78 is 0. The summed E-state index contributed by atoms with van der Waals surface area (Å²) in [5, 5.41) is 5.12. The van der Waals surface area contributed by atoms with Crippen LogP contribution in [0.3, 0.4) is 0 Å². The first kappa shape index (κ1) is 12.4. The number of hydrogen-bond donors (Lipinski definition) is 0. The number of nitrogens with zero attached hydrogens (tertiary/aromatic N) is 2. The molecule has 1 aliphatic heterocycles. The van der Waals surface area contributed by atoms with Gasteiger partial charge in [-0.25, -0.2) is 5.32 Å². The molecule has 3 rings (SSSR count). The smallest absolute Gasteiger partial charge is 0.204 e. The van der Waals surface area contributed by atoms with Crippen LogP contribution in [0, 0.1) is 13.8 Å². The minimum atomic E-state index is 0.601. The second kappa shape index (κ2) is 4.79. The van der Waals surface area contributed by atoms with E-state index in [-0.39, 0.29) is 0 Å². The van der Waals surface area contributed by atoms with Crippen LogP contribution in [0.4, 0.5) is 5.69 Å². The van der Waals surface area contributed by atoms with Gasteiger partial charge in [-0.15, -0.1) is 11.3 Å². The van der Waals surface area contributed by atoms with Crippen molar-refractivity contribution in [3.05, 3.63) is 57.9 Å². The van der Waals surface area contributed by atoms with Crippen LogP contribution in [0.25, 0.3) is 5.70 Å². The van der Waals surface area contributed by atoms with Gasteiger partial charge in [0.05, 0.1) is 5.70 Å². The lowest BCUT2D eigenvalue weighted by atomic mass is 10.2. The molecule has 1 aromatic heterocycles. The van der Waals surface area contributed by atoms with Gasteiger partial charge in [0.1, 0.15) is 0 Å². The summed E-state index contributed by atoms with van der Waals surface area (Å²) in [4.78, 5) is 4.54. The minimum Gasteiger partial charge on any atom is -0.290 e. The average Bonchev–Trinajstić information content (AvgIpc) is 2.93. The molecule has 0 unspecified atom stereocenters. The van der Waals surface area contributed by atoms with E-state index in [9.17, 15) is 0 Å². The molecule has 2 nitrogen and oxygen atoms in total. The van der Waals surface area contributed by atoms with Crippen LogP contribution in [-0.4, -0.2) is 5.11 Å². The summed E-state index contributed by atoms with van der Waals surface area (Å²) in [5.41, 5.74) is 3.19. The molecule has 2 aromatic rings. The Morgan fingerprint density at radius 3 is 2.53 bits per heavy atom. The van der Waals surface area contributed by atoms with Gasteiger partial charge < -0.3 is 0 Å². The van der Waals surface area contributed by atoms with Crippen LogP contribution >= 0.6 is 23.6 Å². The first-order chi connectivity index (χ1) is 9.15. The molecule has 95 valence electrons. The zero-order chi connectivity index (χ0) is 13.4. The van der Waals surface area contributed by atoms with Crippen LogP contribution < -0.4 is 10.2 Å². The Kier molecular flexibility index (Phi) is 3.12. The Morgan fingerprint density at radius 2 is 1.89 bits per heavy atom. The quantitative estimate of drug-likeness (QED) is 0.774. The predicted molar refractivity (Wildman–Crippen MR) is 85.4 cm³/mol. The Morgan fingerprint density at radius 1 is 1.16 bits per heavy atom. The van der Waals surface area contributed by atoms with Crippen LogP contribution in [0.2, 0.25) is 0 Å². The molecule has 19 heavy (non-hydrogen) atoms. The fourth-order valence-corrected chi connectivity index (χ4v) is 3.34. The van der Waals surface area contributed by atoms with Crippen molar-refractivity contribution in [3.63, 3.8) is 0 Å². The first-order valence-corrected chi connectivity index (χ1v) is 7.27. The Balaban J connectivity index is 1.98. The fraction of sp³-hybridized carbons (Fsp3) is 0.133. The number of thiocarbonyl (C=S) groups is 1. The molecule has 1 radical (unpaired) electrons. The summed E-state index contributed by atoms with van der Waals surface area (Å²) in [7, 11) is 0. The van der Waals surface area contributed by atoms with E-state index in [1.54, 1.807) is 11.3 Å². The van der Waals surface area contributed by atoms with Gasteiger partial charge in [-0.05, 0) is 44.3 Å². The number of anilines is 1. The van der Waals surface area contributed by atoms with Gasteiger partial charge in [-0.1, -0.05) is 18.2 Å². The summed E-state index contributed by atoms with van der Waals surface area (Å²) in [6.45, 7) is 4.24. The van der Waals surface area contributed by atoms with Crippen LogP contribution in [0.1, 0.15) is 15.3 Å². The Labute approximate surface area is 122 Å². The van der Waals surface area contributed by atoms with Crippen LogP contribution in [-0.2, 0) is 0 Å². The minimum absolute atomic E-state index is 0.601. The molecule has 2 heterocycles. The van der Waals surface area contributed by atoms with Gasteiger partial charge >= 0.3 is 0 Å². The van der Waals surface area contributed by atoms with Crippen molar-refractivity contribution in [2.45, 2.75) is 13.8 Å². The van der Waals surface area contributed by atoms with Crippen molar-refractivity contribution in [1.82, 2.24) is 5.32 Å². The highest BCUT2D eigenvalue weighted by Crippen LogP contribution is 2.31. The molecule has 0 fully saturated rings. The summed E-state index contributed by atoms with van der Waals surface area (Å²) >= 11 is 7.15. The number of para-hydroxylation sites is 1. The third-order valence-electron chi connectivity index (χ3n) is 3.02. The van der Waals surface area contributed by atoms with E-state index in [1.165, 1.54) is 15.3 Å². The number of benzene rings is 1. The zero-order valence-corrected chi connectivity index (χ0v) is 12.4. The molecule has 0 spiro atoms. The van der Waals surface area contributed by atoms with Gasteiger partial charge in [0.25, 0.3) is 0 Å². The van der Waals surface area contributed by atoms with Crippen molar-refractivity contribution in [1.29, 1.82) is 0 Å². The van der Waals surface area contributed by atoms with E-state index >= 15 is 0 Å². The van der Waals surface area contributed by atoms with Crippen molar-refractivity contribution in [2.75, 3.05) is 4.90 Å². The Bertz CT molecular complexity index is 656. The third-order valence-corrected chi connectivity index (χ3v) is 4.28. The highest BCUT2D eigenvalue weighted by Gasteiger charge is 2.23. The second-order valence-corrected chi connectivity index (χ2v) is 6.27. The van der Waals surface area contributed by atoms with Crippen molar-refractivity contribution < 1.29 is 0 Å². The predicted octanol–water partition coefficient (Wildman–Crippen LogP) is 4.07. The molecule has 0 aliphatic carbocycles. The normalized spacial score (nSPS) is 14.5. The number of rotatable bonds is 2. The van der Waals surface area contributed by atoms with E-state index in [2.05, 4.69) is 25.2 Å². The van der Waals surface area contributed by atoms with E-state index in [0.29, 0.717) is 5.11 Å². The van der Waals surface area contributed by atoms with Gasteiger partial charge in [0, 0.05) is 27.2 Å². The summed E-state index contributed by atoms with van der Waals surface area (Å²) in [6.07, 6.45) is 2.02. The molecule has 0 N–H and O–H groups in total. The van der Waals surface area contributed by atoms with E-state index in [1.807, 2.05) is 41.4 Å². The maximum absolute atomic E-state index is 5.36. The van der Waals surface area contributed by atoms with E-state index < -0.39 is 0 Å². The maximum atomic E-state index is 5.36. The van der Waals surface area contributed by atoms with Gasteiger partial charge in [-0.3, -0.25) is 4.90 Å². The Hall–Kier alpha value is -1.65. The molecule has 0 amide bonds. The van der Waals surface area contributed by atoms with Crippen LogP contribution in [0.5, 0.6) is 0 Å². The van der Waals surface area contributed by atoms with Gasteiger partial charge in [0.15, 0.2) is 0 Å². The molecule has 1 aromatic carbocycles. The molecular formula is C15H13N2S2. The van der Waals surface area contributed by atoms with Crippen molar-refractivity contribution in [2.24, 2.45) is 0 Å². The van der Waals surface area contributed by atoms with Gasteiger partial charge in [-0.2, -0.15) is 0 Å². The average molecular weight is 285 g/mol. The lowest BCUT2D eigenvalue weighted by molar-refractivity contribution is 1.30. The number of aryl methyl sites for hydroxylation is 2. The molecule has 0 bridgehead atoms. The highest BCUT2D eigenvalue weighted by molar-refractivity contribution is 7.80. The molecule has 0 saturated heterocycles. The maximum Gasteiger partial charge on any atom is 0.204 e. The molecule has 4 heteroatoms. The molecular weight excluding hydrogens is 272 g/mol. The lowest BCUT2D eigenvalue weighted by Gasteiger charge is -2.13. The molecule has 1 aliphatic rings. The number of thiophene rings is 1. The fourth-order valence-electron chi connectivity index (χ4n) is 2.15. The summed E-state index contributed by atoms with van der Waals surface area (Å²) in [6, 6.07) is 12.2. The van der Waals surface area contributed by atoms with Gasteiger partial charge in [0.2, 0.25) is 5.11 Å². The largest absolute Gasteiger partial charge is 0.290 e. The second-order valence-electron chi connectivity index (χ2n) is 4.44. The SMILES string of the molecule is Cc1cc(C2=CN(c3ccccc3)C(=S)[N]2)c(C)s1. The first-order valence-electron chi connectivity index (χ1n) is 6.04. The third kappa shape index (κ3) is 2.29. The standard InChI is InChI=1S/C15H13N2S2/c1-10-8-13(11(2)19-10)14-9-17(15(18)16-14)12-6-4-3-5-7-12/h3-9H,1-2H3. The van der Waals surface area contributed by atoms with Crippen LogP contribution in [0.15, 0.2) is 42.6 Å². The monoisotopic (exact) mass is 285 g/mol. The van der Waals surface area contributed by atoms with Crippen molar-refractivity contribution in [3.8, 4) is 0 Å².